The highest BCUT2D eigenvalue weighted by Gasteiger charge is 2.24. The third-order valence-corrected chi connectivity index (χ3v) is 3.95. The number of nitrogens with zero attached hydrogens (tertiary/aromatic N) is 2. The van der Waals surface area contributed by atoms with Crippen LogP contribution in [0.5, 0.6) is 0 Å². The second kappa shape index (κ2) is 4.72. The molecule has 2 aromatic rings. The van der Waals surface area contributed by atoms with Gasteiger partial charge in [-0.25, -0.2) is 0 Å². The summed E-state index contributed by atoms with van der Waals surface area (Å²) in [5.74, 6) is 0.885. The second-order valence-corrected chi connectivity index (χ2v) is 5.53. The van der Waals surface area contributed by atoms with E-state index < -0.39 is 0 Å². The SMILES string of the molecule is CCN(CC1CC1)c1ccc(N)c2cnc(C)cc12. The van der Waals surface area contributed by atoms with Gasteiger partial charge in [0.25, 0.3) is 0 Å². The number of rotatable bonds is 4. The van der Waals surface area contributed by atoms with E-state index in [1.165, 1.54) is 23.9 Å². The minimum atomic E-state index is 0.814. The summed E-state index contributed by atoms with van der Waals surface area (Å²) in [6, 6.07) is 6.31. The van der Waals surface area contributed by atoms with Crippen LogP contribution in [-0.4, -0.2) is 18.1 Å². The number of hydrogen-bond acceptors (Lipinski definition) is 3. The predicted molar refractivity (Wildman–Crippen MR) is 81.5 cm³/mol. The maximum atomic E-state index is 6.07. The highest BCUT2D eigenvalue weighted by molar-refractivity contribution is 6.01. The van der Waals surface area contributed by atoms with Crippen LogP contribution in [0.2, 0.25) is 0 Å². The minimum absolute atomic E-state index is 0.814. The molecule has 0 atom stereocenters. The molecule has 0 aliphatic heterocycles. The van der Waals surface area contributed by atoms with Gasteiger partial charge in [0.1, 0.15) is 0 Å². The lowest BCUT2D eigenvalue weighted by Gasteiger charge is -2.25. The number of nitrogen functional groups attached to an aromatic ring is 1. The van der Waals surface area contributed by atoms with Crippen molar-refractivity contribution in [3.05, 3.63) is 30.1 Å². The summed E-state index contributed by atoms with van der Waals surface area (Å²) in [4.78, 5) is 6.84. The van der Waals surface area contributed by atoms with Gasteiger partial charge in [0, 0.05) is 47.1 Å². The van der Waals surface area contributed by atoms with Crippen LogP contribution in [0.1, 0.15) is 25.5 Å². The van der Waals surface area contributed by atoms with E-state index in [9.17, 15) is 0 Å². The van der Waals surface area contributed by atoms with Gasteiger partial charge in [-0.2, -0.15) is 0 Å². The summed E-state index contributed by atoms with van der Waals surface area (Å²) in [6.45, 7) is 6.45. The van der Waals surface area contributed by atoms with E-state index in [0.717, 1.165) is 35.8 Å². The molecular weight excluding hydrogens is 234 g/mol. The Morgan fingerprint density at radius 2 is 2.11 bits per heavy atom. The molecule has 19 heavy (non-hydrogen) atoms. The summed E-state index contributed by atoms with van der Waals surface area (Å²) < 4.78 is 0. The van der Waals surface area contributed by atoms with Crippen molar-refractivity contribution in [1.82, 2.24) is 4.98 Å². The Kier molecular flexibility index (Phi) is 3.05. The molecule has 1 aliphatic rings. The summed E-state index contributed by atoms with van der Waals surface area (Å²) in [7, 11) is 0. The highest BCUT2D eigenvalue weighted by atomic mass is 15.1. The van der Waals surface area contributed by atoms with Crippen LogP contribution < -0.4 is 10.6 Å². The van der Waals surface area contributed by atoms with E-state index in [2.05, 4.69) is 28.9 Å². The van der Waals surface area contributed by atoms with Crippen LogP contribution in [0, 0.1) is 12.8 Å². The molecule has 1 aromatic carbocycles. The molecule has 1 saturated carbocycles. The van der Waals surface area contributed by atoms with E-state index in [-0.39, 0.29) is 0 Å². The van der Waals surface area contributed by atoms with Crippen molar-refractivity contribution in [3.63, 3.8) is 0 Å². The van der Waals surface area contributed by atoms with Crippen LogP contribution in [0.4, 0.5) is 11.4 Å². The number of aryl methyl sites for hydroxylation is 1. The first kappa shape index (κ1) is 12.3. The van der Waals surface area contributed by atoms with Gasteiger partial charge < -0.3 is 10.6 Å². The molecule has 2 N–H and O–H groups in total. The topological polar surface area (TPSA) is 42.1 Å². The number of anilines is 2. The van der Waals surface area contributed by atoms with Crippen molar-refractivity contribution in [3.8, 4) is 0 Å². The number of hydrogen-bond donors (Lipinski definition) is 1. The molecule has 3 heteroatoms. The molecule has 0 bridgehead atoms. The molecule has 0 radical (unpaired) electrons. The summed E-state index contributed by atoms with van der Waals surface area (Å²) in [5.41, 5.74) is 9.22. The predicted octanol–water partition coefficient (Wildman–Crippen LogP) is 3.36. The minimum Gasteiger partial charge on any atom is -0.398 e. The first-order valence-corrected chi connectivity index (χ1v) is 7.09. The average molecular weight is 255 g/mol. The van der Waals surface area contributed by atoms with Crippen molar-refractivity contribution in [1.29, 1.82) is 0 Å². The van der Waals surface area contributed by atoms with E-state index in [0.29, 0.717) is 0 Å². The number of nitrogens with two attached hydrogens (primary N) is 1. The van der Waals surface area contributed by atoms with Gasteiger partial charge in [0.05, 0.1) is 0 Å². The highest BCUT2D eigenvalue weighted by Crippen LogP contribution is 2.35. The Bertz CT molecular complexity index is 602. The van der Waals surface area contributed by atoms with Gasteiger partial charge in [-0.1, -0.05) is 0 Å². The quantitative estimate of drug-likeness (QED) is 0.852. The van der Waals surface area contributed by atoms with Crippen molar-refractivity contribution in [2.45, 2.75) is 26.7 Å². The first-order valence-electron chi connectivity index (χ1n) is 7.09. The van der Waals surface area contributed by atoms with Crippen molar-refractivity contribution < 1.29 is 0 Å². The Labute approximate surface area is 114 Å². The number of fused-ring (bicyclic) bond motifs is 1. The van der Waals surface area contributed by atoms with Crippen LogP contribution in [0.25, 0.3) is 10.8 Å². The van der Waals surface area contributed by atoms with Gasteiger partial charge in [0.15, 0.2) is 0 Å². The van der Waals surface area contributed by atoms with Crippen LogP contribution in [0.15, 0.2) is 24.4 Å². The van der Waals surface area contributed by atoms with E-state index in [1.807, 2.05) is 19.2 Å². The van der Waals surface area contributed by atoms with E-state index >= 15 is 0 Å². The third kappa shape index (κ3) is 2.37. The Morgan fingerprint density at radius 3 is 2.79 bits per heavy atom. The van der Waals surface area contributed by atoms with Gasteiger partial charge in [-0.05, 0) is 50.8 Å². The summed E-state index contributed by atoms with van der Waals surface area (Å²) in [6.07, 6.45) is 4.66. The zero-order valence-corrected chi connectivity index (χ0v) is 11.7. The third-order valence-electron chi connectivity index (χ3n) is 3.95. The molecule has 0 unspecified atom stereocenters. The maximum absolute atomic E-state index is 6.07. The molecule has 1 heterocycles. The van der Waals surface area contributed by atoms with Crippen LogP contribution in [0.3, 0.4) is 0 Å². The van der Waals surface area contributed by atoms with Gasteiger partial charge in [-0.3, -0.25) is 4.98 Å². The number of benzene rings is 1. The van der Waals surface area contributed by atoms with Crippen molar-refractivity contribution >= 4 is 22.1 Å². The molecule has 1 fully saturated rings. The maximum Gasteiger partial charge on any atom is 0.0448 e. The molecular formula is C16H21N3. The van der Waals surface area contributed by atoms with Crippen LogP contribution >= 0.6 is 0 Å². The fraction of sp³-hybridized carbons (Fsp3) is 0.438. The molecule has 0 spiro atoms. The number of aromatic nitrogens is 1. The van der Waals surface area contributed by atoms with Crippen LogP contribution in [-0.2, 0) is 0 Å². The average Bonchev–Trinajstić information content (AvgIpc) is 3.21. The van der Waals surface area contributed by atoms with E-state index in [4.69, 9.17) is 5.73 Å². The molecule has 0 saturated heterocycles. The summed E-state index contributed by atoms with van der Waals surface area (Å²) >= 11 is 0. The first-order chi connectivity index (χ1) is 9.19. The van der Waals surface area contributed by atoms with Crippen molar-refractivity contribution in [2.24, 2.45) is 5.92 Å². The summed E-state index contributed by atoms with van der Waals surface area (Å²) in [5, 5.41) is 2.30. The fourth-order valence-electron chi connectivity index (χ4n) is 2.64. The lowest BCUT2D eigenvalue weighted by atomic mass is 10.1. The fourth-order valence-corrected chi connectivity index (χ4v) is 2.64. The zero-order valence-electron chi connectivity index (χ0n) is 11.7. The Hall–Kier alpha value is -1.77. The van der Waals surface area contributed by atoms with Gasteiger partial charge in [-0.15, -0.1) is 0 Å². The molecule has 1 aromatic heterocycles. The molecule has 3 rings (SSSR count). The normalized spacial score (nSPS) is 14.8. The molecule has 0 amide bonds. The standard InChI is InChI=1S/C16H21N3/c1-3-19(10-12-4-5-12)16-7-6-15(17)14-9-18-11(2)8-13(14)16/h6-9,12H,3-5,10,17H2,1-2H3. The van der Waals surface area contributed by atoms with Gasteiger partial charge >= 0.3 is 0 Å². The lowest BCUT2D eigenvalue weighted by molar-refractivity contribution is 0.744. The lowest BCUT2D eigenvalue weighted by Crippen LogP contribution is -2.25. The van der Waals surface area contributed by atoms with E-state index in [1.54, 1.807) is 0 Å². The number of pyridine rings is 1. The zero-order chi connectivity index (χ0) is 13.4. The second-order valence-electron chi connectivity index (χ2n) is 5.53. The monoisotopic (exact) mass is 255 g/mol. The molecule has 100 valence electrons. The Balaban J connectivity index is 2.10. The molecule has 1 aliphatic carbocycles. The van der Waals surface area contributed by atoms with Gasteiger partial charge in [0.2, 0.25) is 0 Å². The van der Waals surface area contributed by atoms with Crippen molar-refractivity contribution in [2.75, 3.05) is 23.7 Å². The Morgan fingerprint density at radius 1 is 1.32 bits per heavy atom. The molecule has 3 nitrogen and oxygen atoms in total. The largest absolute Gasteiger partial charge is 0.398 e. The smallest absolute Gasteiger partial charge is 0.0448 e.